The van der Waals surface area contributed by atoms with Crippen LogP contribution in [0.3, 0.4) is 0 Å². The lowest BCUT2D eigenvalue weighted by molar-refractivity contribution is -0.730. The van der Waals surface area contributed by atoms with Crippen LogP contribution in [0.25, 0.3) is 0 Å². The van der Waals surface area contributed by atoms with E-state index in [0.29, 0.717) is 6.61 Å². The second-order valence-electron chi connectivity index (χ2n) is 7.68. The first-order valence-corrected chi connectivity index (χ1v) is 8.96. The van der Waals surface area contributed by atoms with Crippen molar-refractivity contribution in [1.29, 1.82) is 0 Å². The maximum Gasteiger partial charge on any atom is 0.291 e. The van der Waals surface area contributed by atoms with E-state index < -0.39 is 17.4 Å². The number of nitrogens with zero attached hydrogens (tertiary/aromatic N) is 1. The summed E-state index contributed by atoms with van der Waals surface area (Å²) in [5.41, 5.74) is 2.55. The number of anilines is 1. The molecule has 26 heavy (non-hydrogen) atoms. The summed E-state index contributed by atoms with van der Waals surface area (Å²) >= 11 is 0. The molecule has 3 aliphatic heterocycles. The Balaban J connectivity index is 1.86. The second-order valence-corrected chi connectivity index (χ2v) is 7.68. The van der Waals surface area contributed by atoms with Crippen LogP contribution in [0.4, 0.5) is 5.69 Å². The van der Waals surface area contributed by atoms with Gasteiger partial charge in [0.25, 0.3) is 5.91 Å². The number of fused-ring (bicyclic) bond motifs is 4. The van der Waals surface area contributed by atoms with Gasteiger partial charge in [0, 0.05) is 12.7 Å². The van der Waals surface area contributed by atoms with Gasteiger partial charge in [-0.15, -0.1) is 0 Å². The van der Waals surface area contributed by atoms with Gasteiger partial charge in [-0.3, -0.25) is 19.3 Å². The van der Waals surface area contributed by atoms with Crippen LogP contribution in [0.2, 0.25) is 0 Å². The molecule has 7 nitrogen and oxygen atoms in total. The van der Waals surface area contributed by atoms with Crippen molar-refractivity contribution in [2.45, 2.75) is 32.4 Å². The number of aryl methyl sites for hydroxylation is 2. The molecule has 7 heteroatoms. The standard InChI is InChI=1S/C19H23N3O4/c1-9-7-10(2)15-12(8-9)19(18(25)20-15)14-13(11(3)21-19)16(23)22(17(14)24)5-6-26-4/h7-8,11,13-14,21H,5-6H2,1-4H3,(H,20,25)/p+1/t11-,13+,14-,19+/m0/s1. The molecule has 0 radical (unpaired) electrons. The topological polar surface area (TPSA) is 92.3 Å². The van der Waals surface area contributed by atoms with E-state index in [1.165, 1.54) is 12.0 Å². The predicted octanol–water partition coefficient (Wildman–Crippen LogP) is -0.336. The molecule has 0 bridgehead atoms. The van der Waals surface area contributed by atoms with Crippen LogP contribution in [-0.4, -0.2) is 48.9 Å². The largest absolute Gasteiger partial charge is 0.383 e. The molecule has 1 aromatic rings. The summed E-state index contributed by atoms with van der Waals surface area (Å²) in [7, 11) is 1.54. The molecule has 3 aliphatic rings. The van der Waals surface area contributed by atoms with Gasteiger partial charge in [-0.2, -0.15) is 0 Å². The molecular weight excluding hydrogens is 334 g/mol. The number of imide groups is 1. The van der Waals surface area contributed by atoms with Gasteiger partial charge in [0.15, 0.2) is 0 Å². The van der Waals surface area contributed by atoms with E-state index in [-0.39, 0.29) is 30.3 Å². The molecule has 2 fully saturated rings. The monoisotopic (exact) mass is 358 g/mol. The number of ether oxygens (including phenoxy) is 1. The molecule has 3 amide bonds. The fourth-order valence-corrected chi connectivity index (χ4v) is 5.06. The summed E-state index contributed by atoms with van der Waals surface area (Å²) in [4.78, 5) is 40.5. The summed E-state index contributed by atoms with van der Waals surface area (Å²) in [6.07, 6.45) is 0. The van der Waals surface area contributed by atoms with E-state index in [1.54, 1.807) is 0 Å². The molecule has 3 N–H and O–H groups in total. The van der Waals surface area contributed by atoms with Crippen molar-refractivity contribution in [3.63, 3.8) is 0 Å². The number of methoxy groups -OCH3 is 1. The van der Waals surface area contributed by atoms with Crippen molar-refractivity contribution in [2.24, 2.45) is 11.8 Å². The molecule has 0 saturated carbocycles. The Bertz CT molecular complexity index is 836. The number of likely N-dealkylation sites (tertiary alicyclic amines) is 1. The number of hydrogen-bond donors (Lipinski definition) is 2. The molecule has 138 valence electrons. The van der Waals surface area contributed by atoms with Crippen molar-refractivity contribution in [3.05, 3.63) is 28.8 Å². The lowest BCUT2D eigenvalue weighted by atomic mass is 9.76. The lowest BCUT2D eigenvalue weighted by Gasteiger charge is -2.26. The van der Waals surface area contributed by atoms with E-state index >= 15 is 0 Å². The summed E-state index contributed by atoms with van der Waals surface area (Å²) in [6.45, 7) is 6.37. The van der Waals surface area contributed by atoms with Crippen molar-refractivity contribution in [1.82, 2.24) is 4.90 Å². The van der Waals surface area contributed by atoms with Gasteiger partial charge in [-0.25, -0.2) is 0 Å². The molecular formula is C19H24N3O4+. The number of benzene rings is 1. The predicted molar refractivity (Wildman–Crippen MR) is 93.2 cm³/mol. The third-order valence-electron chi connectivity index (χ3n) is 6.08. The third-order valence-corrected chi connectivity index (χ3v) is 6.08. The van der Waals surface area contributed by atoms with Crippen LogP contribution < -0.4 is 10.6 Å². The van der Waals surface area contributed by atoms with E-state index in [2.05, 4.69) is 5.32 Å². The van der Waals surface area contributed by atoms with Gasteiger partial charge < -0.3 is 15.4 Å². The highest BCUT2D eigenvalue weighted by atomic mass is 16.5. The van der Waals surface area contributed by atoms with Crippen molar-refractivity contribution < 1.29 is 24.4 Å². The van der Waals surface area contributed by atoms with Gasteiger partial charge in [-0.1, -0.05) is 11.6 Å². The van der Waals surface area contributed by atoms with Crippen LogP contribution in [0.15, 0.2) is 12.1 Å². The molecule has 2 saturated heterocycles. The summed E-state index contributed by atoms with van der Waals surface area (Å²) < 4.78 is 5.04. The van der Waals surface area contributed by atoms with Crippen molar-refractivity contribution >= 4 is 23.4 Å². The van der Waals surface area contributed by atoms with Crippen molar-refractivity contribution in [3.8, 4) is 0 Å². The molecule has 0 aromatic heterocycles. The number of carbonyl (C=O) groups is 3. The lowest BCUT2D eigenvalue weighted by Crippen LogP contribution is -2.98. The van der Waals surface area contributed by atoms with Gasteiger partial charge in [0.05, 0.1) is 24.9 Å². The highest BCUT2D eigenvalue weighted by Crippen LogP contribution is 2.49. The molecule has 4 rings (SSSR count). The zero-order valence-corrected chi connectivity index (χ0v) is 15.5. The number of carbonyl (C=O) groups excluding carboxylic acids is 3. The highest BCUT2D eigenvalue weighted by Gasteiger charge is 2.73. The average Bonchev–Trinajstić information content (AvgIpc) is 3.13. The summed E-state index contributed by atoms with van der Waals surface area (Å²) in [6, 6.07) is 3.84. The average molecular weight is 358 g/mol. The fraction of sp³-hybridized carbons (Fsp3) is 0.526. The Morgan fingerprint density at radius 2 is 1.96 bits per heavy atom. The van der Waals surface area contributed by atoms with E-state index in [9.17, 15) is 14.4 Å². The van der Waals surface area contributed by atoms with Crippen LogP contribution in [0, 0.1) is 25.7 Å². The minimum absolute atomic E-state index is 0.151. The van der Waals surface area contributed by atoms with E-state index in [4.69, 9.17) is 4.74 Å². The van der Waals surface area contributed by atoms with Gasteiger partial charge in [0.1, 0.15) is 11.8 Å². The molecule has 1 aromatic carbocycles. The second kappa shape index (κ2) is 5.62. The maximum atomic E-state index is 13.2. The Labute approximate surface area is 152 Å². The van der Waals surface area contributed by atoms with Gasteiger partial charge >= 0.3 is 0 Å². The fourth-order valence-electron chi connectivity index (χ4n) is 5.06. The number of nitrogens with two attached hydrogens (primary N) is 1. The quantitative estimate of drug-likeness (QED) is 0.724. The number of rotatable bonds is 3. The van der Waals surface area contributed by atoms with E-state index in [1.807, 2.05) is 38.2 Å². The smallest absolute Gasteiger partial charge is 0.291 e. The zero-order valence-electron chi connectivity index (χ0n) is 15.5. The summed E-state index contributed by atoms with van der Waals surface area (Å²) in [5, 5.41) is 4.90. The Hall–Kier alpha value is -2.25. The molecule has 1 spiro atoms. The van der Waals surface area contributed by atoms with Crippen LogP contribution >= 0.6 is 0 Å². The van der Waals surface area contributed by atoms with Crippen LogP contribution in [0.5, 0.6) is 0 Å². The number of amides is 3. The molecule has 4 atom stereocenters. The number of hydrogen-bond acceptors (Lipinski definition) is 4. The first-order chi connectivity index (χ1) is 12.3. The zero-order chi connectivity index (χ0) is 18.8. The first-order valence-electron chi connectivity index (χ1n) is 8.96. The molecule has 3 heterocycles. The van der Waals surface area contributed by atoms with Crippen LogP contribution in [-0.2, 0) is 24.7 Å². The SMILES string of the molecule is COCCN1C(=O)[C@@H]2[C@H](C)[NH2+][C@@]3(C(=O)Nc4c(C)cc(C)cc43)[C@@H]2C1=O. The molecule has 0 unspecified atom stereocenters. The highest BCUT2D eigenvalue weighted by molar-refractivity contribution is 6.14. The normalized spacial score (nSPS) is 32.4. The number of nitrogens with one attached hydrogen (secondary N) is 1. The Morgan fingerprint density at radius 1 is 1.23 bits per heavy atom. The first kappa shape index (κ1) is 17.2. The third kappa shape index (κ3) is 1.98. The number of quaternary nitrogens is 1. The molecule has 0 aliphatic carbocycles. The maximum absolute atomic E-state index is 13.2. The van der Waals surface area contributed by atoms with Crippen molar-refractivity contribution in [2.75, 3.05) is 25.6 Å². The van der Waals surface area contributed by atoms with Gasteiger partial charge in [-0.05, 0) is 32.4 Å². The minimum Gasteiger partial charge on any atom is -0.383 e. The Kier molecular flexibility index (Phi) is 3.71. The van der Waals surface area contributed by atoms with Crippen LogP contribution in [0.1, 0.15) is 23.6 Å². The van der Waals surface area contributed by atoms with Gasteiger partial charge in [0.2, 0.25) is 17.4 Å². The van der Waals surface area contributed by atoms with E-state index in [0.717, 1.165) is 22.4 Å². The summed E-state index contributed by atoms with van der Waals surface area (Å²) in [5.74, 6) is -1.82. The minimum atomic E-state index is -1.06. The Morgan fingerprint density at radius 3 is 2.65 bits per heavy atom.